The molecule has 3 aromatic heterocycles. The van der Waals surface area contributed by atoms with E-state index in [1.165, 1.54) is 11.3 Å². The van der Waals surface area contributed by atoms with Crippen LogP contribution >= 0.6 is 11.3 Å². The average Bonchev–Trinajstić information content (AvgIpc) is 3.19. The molecule has 7 heteroatoms. The molecular formula is C14H13N5OS. The molecule has 6 nitrogen and oxygen atoms in total. The Labute approximate surface area is 125 Å². The maximum absolute atomic E-state index is 12.2. The summed E-state index contributed by atoms with van der Waals surface area (Å²) in [6.45, 7) is 1.81. The number of amides is 1. The lowest BCUT2D eigenvalue weighted by atomic mass is 10.2. The van der Waals surface area contributed by atoms with Gasteiger partial charge in [-0.25, -0.2) is 9.97 Å². The number of thiazole rings is 1. The van der Waals surface area contributed by atoms with Crippen LogP contribution in [0.1, 0.15) is 13.0 Å². The summed E-state index contributed by atoms with van der Waals surface area (Å²) in [5, 5.41) is 5.29. The lowest BCUT2D eigenvalue weighted by Crippen LogP contribution is -2.22. The van der Waals surface area contributed by atoms with Gasteiger partial charge in [0.1, 0.15) is 6.04 Å². The van der Waals surface area contributed by atoms with Crippen LogP contribution < -0.4 is 5.32 Å². The minimum Gasteiger partial charge on any atom is -0.325 e. The first-order valence-corrected chi connectivity index (χ1v) is 7.26. The Bertz CT molecular complexity index is 723. The molecule has 0 aliphatic carbocycles. The number of carbonyl (C=O) groups excluding carboxylic acids is 1. The van der Waals surface area contributed by atoms with Crippen LogP contribution in [0.5, 0.6) is 0 Å². The highest BCUT2D eigenvalue weighted by Crippen LogP contribution is 2.24. The third-order valence-electron chi connectivity index (χ3n) is 3.04. The summed E-state index contributed by atoms with van der Waals surface area (Å²) >= 11 is 1.39. The lowest BCUT2D eigenvalue weighted by Gasteiger charge is -2.11. The molecular weight excluding hydrogens is 286 g/mol. The van der Waals surface area contributed by atoms with Crippen LogP contribution in [-0.4, -0.2) is 25.4 Å². The number of hydrogen-bond acceptors (Lipinski definition) is 5. The van der Waals surface area contributed by atoms with E-state index >= 15 is 0 Å². The van der Waals surface area contributed by atoms with Crippen molar-refractivity contribution in [1.82, 2.24) is 19.5 Å². The van der Waals surface area contributed by atoms with Gasteiger partial charge in [0.05, 0.1) is 12.0 Å². The fourth-order valence-electron chi connectivity index (χ4n) is 1.82. The van der Waals surface area contributed by atoms with Crippen LogP contribution in [0, 0.1) is 0 Å². The first kappa shape index (κ1) is 13.4. The molecule has 3 heterocycles. The Kier molecular flexibility index (Phi) is 3.74. The predicted octanol–water partition coefficient (Wildman–Crippen LogP) is 2.60. The van der Waals surface area contributed by atoms with E-state index in [4.69, 9.17) is 0 Å². The molecule has 1 N–H and O–H groups in total. The van der Waals surface area contributed by atoms with Gasteiger partial charge in [-0.3, -0.25) is 9.78 Å². The molecule has 0 radical (unpaired) electrons. The van der Waals surface area contributed by atoms with Crippen molar-refractivity contribution in [3.05, 3.63) is 48.6 Å². The molecule has 3 aromatic rings. The fourth-order valence-corrected chi connectivity index (χ4v) is 2.54. The molecule has 0 unspecified atom stereocenters. The van der Waals surface area contributed by atoms with Crippen molar-refractivity contribution in [3.8, 4) is 11.3 Å². The first-order chi connectivity index (χ1) is 10.2. The Morgan fingerprint density at radius 1 is 1.38 bits per heavy atom. The van der Waals surface area contributed by atoms with Crippen LogP contribution in [0.4, 0.5) is 5.13 Å². The van der Waals surface area contributed by atoms with Gasteiger partial charge in [0.25, 0.3) is 0 Å². The molecule has 1 amide bonds. The molecule has 0 aliphatic rings. The Hall–Kier alpha value is -2.54. The summed E-state index contributed by atoms with van der Waals surface area (Å²) in [5.74, 6) is -0.125. The van der Waals surface area contributed by atoms with Crippen molar-refractivity contribution in [2.24, 2.45) is 0 Å². The van der Waals surface area contributed by atoms with Crippen LogP contribution in [0.3, 0.4) is 0 Å². The molecule has 0 aliphatic heterocycles. The van der Waals surface area contributed by atoms with Gasteiger partial charge in [0.2, 0.25) is 5.91 Å². The van der Waals surface area contributed by atoms with Crippen molar-refractivity contribution in [1.29, 1.82) is 0 Å². The van der Waals surface area contributed by atoms with Gasteiger partial charge in [-0.2, -0.15) is 0 Å². The molecule has 3 rings (SSSR count). The van der Waals surface area contributed by atoms with Crippen LogP contribution in [0.25, 0.3) is 11.3 Å². The third-order valence-corrected chi connectivity index (χ3v) is 3.80. The highest BCUT2D eigenvalue weighted by molar-refractivity contribution is 7.14. The zero-order valence-electron chi connectivity index (χ0n) is 11.3. The number of rotatable bonds is 4. The molecule has 0 spiro atoms. The van der Waals surface area contributed by atoms with Crippen molar-refractivity contribution in [3.63, 3.8) is 0 Å². The van der Waals surface area contributed by atoms with Gasteiger partial charge in [0, 0.05) is 35.7 Å². The van der Waals surface area contributed by atoms with E-state index in [9.17, 15) is 4.79 Å². The number of anilines is 1. The van der Waals surface area contributed by atoms with Crippen molar-refractivity contribution in [2.45, 2.75) is 13.0 Å². The number of hydrogen-bond donors (Lipinski definition) is 1. The lowest BCUT2D eigenvalue weighted by molar-refractivity contribution is -0.118. The first-order valence-electron chi connectivity index (χ1n) is 6.38. The minimum atomic E-state index is -0.335. The molecule has 0 aromatic carbocycles. The second-order valence-corrected chi connectivity index (χ2v) is 5.31. The highest BCUT2D eigenvalue weighted by Gasteiger charge is 2.16. The van der Waals surface area contributed by atoms with Gasteiger partial charge in [-0.05, 0) is 19.1 Å². The second-order valence-electron chi connectivity index (χ2n) is 4.45. The average molecular weight is 299 g/mol. The smallest absolute Gasteiger partial charge is 0.248 e. The fraction of sp³-hybridized carbons (Fsp3) is 0.143. The van der Waals surface area contributed by atoms with Gasteiger partial charge in [0.15, 0.2) is 5.13 Å². The van der Waals surface area contributed by atoms with E-state index in [1.54, 1.807) is 35.7 Å². The van der Waals surface area contributed by atoms with Crippen molar-refractivity contribution in [2.75, 3.05) is 5.32 Å². The van der Waals surface area contributed by atoms with E-state index in [2.05, 4.69) is 20.3 Å². The van der Waals surface area contributed by atoms with E-state index in [1.807, 2.05) is 24.4 Å². The normalized spacial score (nSPS) is 12.0. The summed E-state index contributed by atoms with van der Waals surface area (Å²) in [6.07, 6.45) is 8.48. The summed E-state index contributed by atoms with van der Waals surface area (Å²) in [7, 11) is 0. The molecule has 106 valence electrons. The van der Waals surface area contributed by atoms with Crippen LogP contribution in [-0.2, 0) is 4.79 Å². The standard InChI is InChI=1S/C14H13N5OS/c1-10(19-6-5-16-9-19)13(20)18-14-17-12(8-21-14)11-3-2-4-15-7-11/h2-10H,1H3,(H,17,18,20)/t10-/m1/s1. The monoisotopic (exact) mass is 299 g/mol. The van der Waals surface area contributed by atoms with E-state index in [0.717, 1.165) is 11.3 Å². The number of carbonyl (C=O) groups is 1. The second kappa shape index (κ2) is 5.84. The van der Waals surface area contributed by atoms with Crippen molar-refractivity contribution < 1.29 is 4.79 Å². The summed E-state index contributed by atoms with van der Waals surface area (Å²) < 4.78 is 1.74. The molecule has 0 bridgehead atoms. The van der Waals surface area contributed by atoms with E-state index in [-0.39, 0.29) is 11.9 Å². The Morgan fingerprint density at radius 2 is 2.29 bits per heavy atom. The quantitative estimate of drug-likeness (QED) is 0.803. The van der Waals surface area contributed by atoms with Gasteiger partial charge < -0.3 is 9.88 Å². The molecule has 1 atom stereocenters. The largest absolute Gasteiger partial charge is 0.325 e. The topological polar surface area (TPSA) is 72.7 Å². The van der Waals surface area contributed by atoms with Crippen LogP contribution in [0.2, 0.25) is 0 Å². The van der Waals surface area contributed by atoms with E-state index in [0.29, 0.717) is 5.13 Å². The minimum absolute atomic E-state index is 0.125. The zero-order valence-corrected chi connectivity index (χ0v) is 12.1. The van der Waals surface area contributed by atoms with E-state index < -0.39 is 0 Å². The highest BCUT2D eigenvalue weighted by atomic mass is 32.1. The Morgan fingerprint density at radius 3 is 3.00 bits per heavy atom. The number of nitrogens with zero attached hydrogens (tertiary/aromatic N) is 4. The molecule has 21 heavy (non-hydrogen) atoms. The number of nitrogens with one attached hydrogen (secondary N) is 1. The summed E-state index contributed by atoms with van der Waals surface area (Å²) in [4.78, 5) is 24.6. The summed E-state index contributed by atoms with van der Waals surface area (Å²) in [6, 6.07) is 3.45. The van der Waals surface area contributed by atoms with Gasteiger partial charge >= 0.3 is 0 Å². The molecule has 0 saturated carbocycles. The molecule has 0 saturated heterocycles. The predicted molar refractivity (Wildman–Crippen MR) is 80.9 cm³/mol. The van der Waals surface area contributed by atoms with Crippen molar-refractivity contribution >= 4 is 22.4 Å². The number of imidazole rings is 1. The Balaban J connectivity index is 1.71. The van der Waals surface area contributed by atoms with Gasteiger partial charge in [-0.15, -0.1) is 11.3 Å². The third kappa shape index (κ3) is 2.97. The number of pyridine rings is 1. The summed E-state index contributed by atoms with van der Waals surface area (Å²) in [5.41, 5.74) is 1.73. The zero-order chi connectivity index (χ0) is 14.7. The number of aromatic nitrogens is 4. The maximum Gasteiger partial charge on any atom is 0.248 e. The maximum atomic E-state index is 12.2. The van der Waals surface area contributed by atoms with Gasteiger partial charge in [-0.1, -0.05) is 0 Å². The molecule has 0 fully saturated rings. The SMILES string of the molecule is C[C@H](C(=O)Nc1nc(-c2cccnc2)cs1)n1ccnc1. The van der Waals surface area contributed by atoms with Crippen LogP contribution in [0.15, 0.2) is 48.6 Å².